The third-order valence-electron chi connectivity index (χ3n) is 7.22. The number of aromatic amines is 1. The van der Waals surface area contributed by atoms with E-state index in [2.05, 4.69) is 20.4 Å². The van der Waals surface area contributed by atoms with Crippen molar-refractivity contribution in [2.75, 3.05) is 49.5 Å². The predicted molar refractivity (Wildman–Crippen MR) is 144 cm³/mol. The van der Waals surface area contributed by atoms with E-state index < -0.39 is 11.0 Å². The van der Waals surface area contributed by atoms with Crippen LogP contribution in [-0.4, -0.2) is 91.5 Å². The standard InChI is InChI=1S/C26H37N9O3/c1-18-17-20(30-29-18)27-21-19-7-6-10-35(19)31-23(28-21)33-15-13-32(14-16-33)22(36)26(5)8-11-34(12-9-26)24(37)38-25(2,3)4/h6-7,10,17H,8-9,11-16H2,1-5H3,(H2,27,28,29,30,31). The number of nitrogens with one attached hydrogen (secondary N) is 2. The van der Waals surface area contributed by atoms with Gasteiger partial charge in [0.05, 0.1) is 0 Å². The number of H-pyrrole nitrogens is 1. The molecule has 2 aliphatic rings. The molecule has 5 heterocycles. The molecule has 204 valence electrons. The Bertz CT molecular complexity index is 1310. The lowest BCUT2D eigenvalue weighted by Gasteiger charge is -2.43. The number of nitrogens with zero attached hydrogens (tertiary/aromatic N) is 7. The molecule has 3 aromatic heterocycles. The topological polar surface area (TPSA) is 124 Å². The average Bonchev–Trinajstić information content (AvgIpc) is 3.52. The molecule has 0 aromatic carbocycles. The van der Waals surface area contributed by atoms with E-state index in [9.17, 15) is 9.59 Å². The number of aromatic nitrogens is 5. The van der Waals surface area contributed by atoms with Crippen LogP contribution < -0.4 is 10.2 Å². The molecular weight excluding hydrogens is 486 g/mol. The Labute approximate surface area is 222 Å². The second-order valence-corrected chi connectivity index (χ2v) is 11.5. The van der Waals surface area contributed by atoms with Crippen LogP contribution in [0.5, 0.6) is 0 Å². The lowest BCUT2D eigenvalue weighted by Crippen LogP contribution is -2.55. The second-order valence-electron chi connectivity index (χ2n) is 11.5. The third kappa shape index (κ3) is 5.39. The first-order valence-electron chi connectivity index (χ1n) is 13.2. The molecule has 0 bridgehead atoms. The first-order valence-corrected chi connectivity index (χ1v) is 13.2. The van der Waals surface area contributed by atoms with Crippen molar-refractivity contribution in [2.24, 2.45) is 5.41 Å². The van der Waals surface area contributed by atoms with E-state index in [1.165, 1.54) is 0 Å². The van der Waals surface area contributed by atoms with Crippen molar-refractivity contribution in [1.29, 1.82) is 0 Å². The number of ether oxygens (including phenoxy) is 1. The minimum atomic E-state index is -0.530. The maximum Gasteiger partial charge on any atom is 0.410 e. The summed E-state index contributed by atoms with van der Waals surface area (Å²) in [6.45, 7) is 13.1. The number of carbonyl (C=O) groups excluding carboxylic acids is 2. The van der Waals surface area contributed by atoms with Crippen molar-refractivity contribution in [2.45, 2.75) is 53.1 Å². The Balaban J connectivity index is 1.21. The maximum absolute atomic E-state index is 13.5. The number of amides is 2. The molecule has 0 unspecified atom stereocenters. The molecule has 12 heteroatoms. The van der Waals surface area contributed by atoms with E-state index in [1.54, 1.807) is 9.42 Å². The van der Waals surface area contributed by atoms with Crippen LogP contribution in [0.1, 0.15) is 46.2 Å². The third-order valence-corrected chi connectivity index (χ3v) is 7.22. The van der Waals surface area contributed by atoms with Gasteiger partial charge in [-0.1, -0.05) is 6.92 Å². The summed E-state index contributed by atoms with van der Waals surface area (Å²) in [6, 6.07) is 5.81. The monoisotopic (exact) mass is 523 g/mol. The smallest absolute Gasteiger partial charge is 0.410 e. The summed E-state index contributed by atoms with van der Waals surface area (Å²) >= 11 is 0. The van der Waals surface area contributed by atoms with Gasteiger partial charge in [-0.3, -0.25) is 9.89 Å². The summed E-state index contributed by atoms with van der Waals surface area (Å²) < 4.78 is 7.31. The molecule has 5 rings (SSSR count). The zero-order valence-electron chi connectivity index (χ0n) is 22.8. The van der Waals surface area contributed by atoms with Gasteiger partial charge in [0.2, 0.25) is 11.9 Å². The molecule has 2 saturated heterocycles. The fraction of sp³-hybridized carbons (Fsp3) is 0.577. The van der Waals surface area contributed by atoms with Crippen LogP contribution in [0.25, 0.3) is 5.52 Å². The molecule has 0 spiro atoms. The summed E-state index contributed by atoms with van der Waals surface area (Å²) in [5, 5.41) is 15.2. The Morgan fingerprint density at radius 1 is 1.08 bits per heavy atom. The van der Waals surface area contributed by atoms with Gasteiger partial charge in [0.15, 0.2) is 11.6 Å². The van der Waals surface area contributed by atoms with E-state index >= 15 is 0 Å². The largest absolute Gasteiger partial charge is 0.444 e. The number of fused-ring (bicyclic) bond motifs is 1. The lowest BCUT2D eigenvalue weighted by atomic mass is 9.79. The normalized spacial score (nSPS) is 18.1. The minimum absolute atomic E-state index is 0.152. The van der Waals surface area contributed by atoms with Crippen molar-refractivity contribution in [3.63, 3.8) is 0 Å². The van der Waals surface area contributed by atoms with Crippen LogP contribution in [0.15, 0.2) is 24.4 Å². The Hall–Kier alpha value is -3.83. The van der Waals surface area contributed by atoms with Gasteiger partial charge in [-0.05, 0) is 52.7 Å². The van der Waals surface area contributed by atoms with Crippen molar-refractivity contribution in [3.05, 3.63) is 30.1 Å². The van der Waals surface area contributed by atoms with E-state index in [0.717, 1.165) is 11.2 Å². The number of carbonyl (C=O) groups is 2. The molecule has 12 nitrogen and oxygen atoms in total. The number of piperazine rings is 1. The number of hydrogen-bond acceptors (Lipinski definition) is 8. The van der Waals surface area contributed by atoms with Gasteiger partial charge in [-0.25, -0.2) is 9.31 Å². The SMILES string of the molecule is Cc1cc(Nc2nc(N3CCN(C(=O)C4(C)CCN(C(=O)OC(C)(C)C)CC4)CC3)nn3cccc23)n[nH]1. The van der Waals surface area contributed by atoms with E-state index in [0.29, 0.717) is 69.7 Å². The zero-order valence-corrected chi connectivity index (χ0v) is 22.8. The molecule has 2 fully saturated rings. The highest BCUT2D eigenvalue weighted by Crippen LogP contribution is 2.34. The van der Waals surface area contributed by atoms with Crippen LogP contribution in [-0.2, 0) is 9.53 Å². The lowest BCUT2D eigenvalue weighted by molar-refractivity contribution is -0.144. The molecule has 3 aromatic rings. The first kappa shape index (κ1) is 25.8. The number of likely N-dealkylation sites (tertiary alicyclic amines) is 1. The van der Waals surface area contributed by atoms with Crippen molar-refractivity contribution in [3.8, 4) is 0 Å². The van der Waals surface area contributed by atoms with E-state index in [1.807, 2.05) is 63.9 Å². The molecule has 2 amide bonds. The molecule has 0 radical (unpaired) electrons. The molecule has 38 heavy (non-hydrogen) atoms. The van der Waals surface area contributed by atoms with Gasteiger partial charge in [-0.2, -0.15) is 10.1 Å². The Morgan fingerprint density at radius 2 is 1.79 bits per heavy atom. The summed E-state index contributed by atoms with van der Waals surface area (Å²) in [7, 11) is 0. The fourth-order valence-electron chi connectivity index (χ4n) is 4.97. The number of rotatable bonds is 4. The van der Waals surface area contributed by atoms with Gasteiger partial charge in [-0.15, -0.1) is 5.10 Å². The maximum atomic E-state index is 13.5. The van der Waals surface area contributed by atoms with Crippen LogP contribution in [0.4, 0.5) is 22.4 Å². The number of piperidine rings is 1. The van der Waals surface area contributed by atoms with Crippen molar-refractivity contribution in [1.82, 2.24) is 34.6 Å². The van der Waals surface area contributed by atoms with Gasteiger partial charge >= 0.3 is 6.09 Å². The Morgan fingerprint density at radius 3 is 2.42 bits per heavy atom. The van der Waals surface area contributed by atoms with E-state index in [4.69, 9.17) is 14.8 Å². The highest BCUT2D eigenvalue weighted by atomic mass is 16.6. The summed E-state index contributed by atoms with van der Waals surface area (Å²) in [4.78, 5) is 36.5. The first-order chi connectivity index (χ1) is 18.0. The number of anilines is 3. The number of aryl methyl sites for hydroxylation is 1. The predicted octanol–water partition coefficient (Wildman–Crippen LogP) is 3.19. The summed E-state index contributed by atoms with van der Waals surface area (Å²) in [6.07, 6.45) is 2.84. The summed E-state index contributed by atoms with van der Waals surface area (Å²) in [5.74, 6) is 2.12. The van der Waals surface area contributed by atoms with Gasteiger partial charge in [0.1, 0.15) is 11.1 Å². The van der Waals surface area contributed by atoms with Crippen molar-refractivity contribution < 1.29 is 14.3 Å². The number of hydrogen-bond donors (Lipinski definition) is 2. The molecular formula is C26H37N9O3. The highest BCUT2D eigenvalue weighted by molar-refractivity contribution is 5.83. The minimum Gasteiger partial charge on any atom is -0.444 e. The van der Waals surface area contributed by atoms with Crippen molar-refractivity contribution >= 4 is 35.1 Å². The van der Waals surface area contributed by atoms with Gasteiger partial charge in [0, 0.05) is 62.6 Å². The average molecular weight is 524 g/mol. The van der Waals surface area contributed by atoms with Crippen LogP contribution in [0, 0.1) is 12.3 Å². The molecule has 0 aliphatic carbocycles. The molecule has 0 saturated carbocycles. The zero-order chi connectivity index (χ0) is 27.1. The molecule has 0 atom stereocenters. The fourth-order valence-corrected chi connectivity index (χ4v) is 4.97. The second kappa shape index (κ2) is 9.80. The highest BCUT2D eigenvalue weighted by Gasteiger charge is 2.42. The van der Waals surface area contributed by atoms with Crippen LogP contribution in [0.3, 0.4) is 0 Å². The van der Waals surface area contributed by atoms with Gasteiger partial charge in [0.25, 0.3) is 0 Å². The molecule has 2 aliphatic heterocycles. The van der Waals surface area contributed by atoms with E-state index in [-0.39, 0.29) is 12.0 Å². The van der Waals surface area contributed by atoms with Crippen LogP contribution >= 0.6 is 0 Å². The quantitative estimate of drug-likeness (QED) is 0.534. The van der Waals surface area contributed by atoms with Gasteiger partial charge < -0.3 is 24.8 Å². The molecule has 2 N–H and O–H groups in total. The summed E-state index contributed by atoms with van der Waals surface area (Å²) in [5.41, 5.74) is 0.796. The Kier molecular flexibility index (Phi) is 6.66. The van der Waals surface area contributed by atoms with Crippen LogP contribution in [0.2, 0.25) is 0 Å².